The summed E-state index contributed by atoms with van der Waals surface area (Å²) in [7, 11) is 1.51. The molecular weight excluding hydrogens is 577 g/mol. The van der Waals surface area contributed by atoms with E-state index in [2.05, 4.69) is 20.8 Å². The van der Waals surface area contributed by atoms with Gasteiger partial charge in [0.25, 0.3) is 0 Å². The fraction of sp³-hybridized carbons (Fsp3) is 0.971. The molecule has 43 heavy (non-hydrogen) atoms. The lowest BCUT2D eigenvalue weighted by Gasteiger charge is -2.63. The molecule has 4 N–H and O–H groups in total. The lowest BCUT2D eigenvalue weighted by atomic mass is 9.43. The zero-order valence-electron chi connectivity index (χ0n) is 27.9. The zero-order valence-corrected chi connectivity index (χ0v) is 29.5. The number of fused-ring (bicyclic) bond motifs is 5. The average Bonchev–Trinajstić information content (AvgIpc) is 3.36. The second-order valence-corrected chi connectivity index (χ2v) is 17.2. The quantitative estimate of drug-likeness (QED) is 0.125. The number of nitrogens with two attached hydrogens (primary N) is 2. The molecule has 0 aliphatic heterocycles. The molecule has 8 heteroatoms. The van der Waals surface area contributed by atoms with Gasteiger partial charge in [0.1, 0.15) is 0 Å². The van der Waals surface area contributed by atoms with Crippen LogP contribution in [-0.4, -0.2) is 74.6 Å². The Morgan fingerprint density at radius 2 is 1.51 bits per heavy atom. The third-order valence-corrected chi connectivity index (χ3v) is 14.7. The molecule has 0 aromatic carbocycles. The Hall–Kier alpha value is 0.01000. The minimum atomic E-state index is -0.0651. The smallest absolute Gasteiger partial charge is 0.305 e. The molecule has 0 heterocycles. The third kappa shape index (κ3) is 8.68. The maximum absolute atomic E-state index is 12.0. The molecule has 250 valence electrons. The number of hydrogen-bond acceptors (Lipinski definition) is 8. The Balaban J connectivity index is 1.44. The number of hydrogen-bond donors (Lipinski definition) is 2. The fourth-order valence-corrected chi connectivity index (χ4v) is 11.7. The highest BCUT2D eigenvalue weighted by Crippen LogP contribution is 2.68. The Morgan fingerprint density at radius 1 is 0.860 bits per heavy atom. The summed E-state index contributed by atoms with van der Waals surface area (Å²) in [6.45, 7) is 11.0. The van der Waals surface area contributed by atoms with Gasteiger partial charge in [0, 0.05) is 44.2 Å². The summed E-state index contributed by atoms with van der Waals surface area (Å²) in [5.74, 6) is 8.38. The summed E-state index contributed by atoms with van der Waals surface area (Å²) in [6, 6.07) is 0. The molecule has 10 atom stereocenters. The van der Waals surface area contributed by atoms with Gasteiger partial charge in [-0.2, -0.15) is 23.5 Å². The molecule has 10 unspecified atom stereocenters. The van der Waals surface area contributed by atoms with E-state index in [0.29, 0.717) is 53.1 Å². The number of esters is 1. The predicted octanol–water partition coefficient (Wildman–Crippen LogP) is 6.78. The van der Waals surface area contributed by atoms with Crippen molar-refractivity contribution in [1.29, 1.82) is 0 Å². The number of carbonyl (C=O) groups excluding carboxylic acids is 1. The monoisotopic (exact) mass is 640 g/mol. The van der Waals surface area contributed by atoms with Crippen LogP contribution in [0.5, 0.6) is 0 Å². The van der Waals surface area contributed by atoms with Crippen LogP contribution in [0.25, 0.3) is 0 Å². The predicted molar refractivity (Wildman–Crippen MR) is 182 cm³/mol. The number of rotatable bonds is 18. The molecule has 0 bridgehead atoms. The summed E-state index contributed by atoms with van der Waals surface area (Å²) in [6.07, 6.45) is 14.7. The van der Waals surface area contributed by atoms with Gasteiger partial charge in [-0.05, 0) is 128 Å². The van der Waals surface area contributed by atoms with Gasteiger partial charge in [-0.3, -0.25) is 4.79 Å². The van der Waals surface area contributed by atoms with Crippen LogP contribution in [0.2, 0.25) is 0 Å². The maximum atomic E-state index is 12.0. The Morgan fingerprint density at radius 3 is 2.19 bits per heavy atom. The zero-order chi connectivity index (χ0) is 30.9. The lowest BCUT2D eigenvalue weighted by Crippen LogP contribution is -2.59. The maximum Gasteiger partial charge on any atom is 0.305 e. The number of methoxy groups -OCH3 is 1. The van der Waals surface area contributed by atoms with Crippen LogP contribution in [0, 0.1) is 46.3 Å². The largest absolute Gasteiger partial charge is 0.469 e. The van der Waals surface area contributed by atoms with Crippen molar-refractivity contribution in [3.05, 3.63) is 0 Å². The molecule has 4 fully saturated rings. The van der Waals surface area contributed by atoms with E-state index >= 15 is 0 Å². The van der Waals surface area contributed by atoms with E-state index in [1.54, 1.807) is 0 Å². The van der Waals surface area contributed by atoms with Crippen LogP contribution in [0.15, 0.2) is 0 Å². The Bertz CT molecular complexity index is 851. The van der Waals surface area contributed by atoms with Gasteiger partial charge >= 0.3 is 5.97 Å². The van der Waals surface area contributed by atoms with Crippen LogP contribution < -0.4 is 11.5 Å². The van der Waals surface area contributed by atoms with Gasteiger partial charge in [0.2, 0.25) is 0 Å². The minimum absolute atomic E-state index is 0.0651. The number of carbonyl (C=O) groups is 1. The van der Waals surface area contributed by atoms with Crippen molar-refractivity contribution in [2.75, 3.05) is 56.4 Å². The third-order valence-electron chi connectivity index (χ3n) is 12.5. The second-order valence-electron chi connectivity index (χ2n) is 14.7. The highest BCUT2D eigenvalue weighted by molar-refractivity contribution is 7.99. The van der Waals surface area contributed by atoms with Crippen molar-refractivity contribution >= 4 is 29.5 Å². The van der Waals surface area contributed by atoms with Crippen molar-refractivity contribution in [2.24, 2.45) is 57.8 Å². The van der Waals surface area contributed by atoms with Crippen molar-refractivity contribution in [3.8, 4) is 0 Å². The van der Waals surface area contributed by atoms with Gasteiger partial charge in [-0.1, -0.05) is 20.8 Å². The molecule has 0 aromatic rings. The number of thioether (sulfide) groups is 2. The van der Waals surface area contributed by atoms with Crippen molar-refractivity contribution in [1.82, 2.24) is 0 Å². The van der Waals surface area contributed by atoms with E-state index in [1.165, 1.54) is 58.5 Å². The first-order valence-electron chi connectivity index (χ1n) is 17.6. The molecule has 6 nitrogen and oxygen atoms in total. The molecule has 4 aliphatic carbocycles. The van der Waals surface area contributed by atoms with Crippen LogP contribution in [0.4, 0.5) is 0 Å². The van der Waals surface area contributed by atoms with Crippen LogP contribution in [0.3, 0.4) is 0 Å². The second kappa shape index (κ2) is 17.2. The lowest BCUT2D eigenvalue weighted by molar-refractivity contribution is -0.191. The first kappa shape index (κ1) is 35.9. The fourth-order valence-electron chi connectivity index (χ4n) is 10.3. The van der Waals surface area contributed by atoms with Gasteiger partial charge in [-0.25, -0.2) is 0 Å². The summed E-state index contributed by atoms with van der Waals surface area (Å²) < 4.78 is 18.5. The highest BCUT2D eigenvalue weighted by atomic mass is 32.2. The van der Waals surface area contributed by atoms with Crippen LogP contribution in [0.1, 0.15) is 97.8 Å². The first-order valence-corrected chi connectivity index (χ1v) is 19.9. The van der Waals surface area contributed by atoms with E-state index in [9.17, 15) is 4.79 Å². The van der Waals surface area contributed by atoms with Gasteiger partial charge in [-0.15, -0.1) is 0 Å². The summed E-state index contributed by atoms with van der Waals surface area (Å²) in [5.41, 5.74) is 12.1. The molecule has 0 spiro atoms. The van der Waals surface area contributed by atoms with Crippen molar-refractivity contribution < 1.29 is 19.0 Å². The highest BCUT2D eigenvalue weighted by Gasteiger charge is 2.63. The summed E-state index contributed by atoms with van der Waals surface area (Å²) in [4.78, 5) is 12.0. The number of ether oxygens (including phenoxy) is 3. The average molecular weight is 641 g/mol. The van der Waals surface area contributed by atoms with E-state index in [0.717, 1.165) is 80.4 Å². The van der Waals surface area contributed by atoms with Crippen LogP contribution in [-0.2, 0) is 19.0 Å². The Kier molecular flexibility index (Phi) is 14.4. The van der Waals surface area contributed by atoms with E-state index in [1.807, 2.05) is 23.5 Å². The van der Waals surface area contributed by atoms with E-state index in [4.69, 9.17) is 25.7 Å². The van der Waals surface area contributed by atoms with Gasteiger partial charge in [0.15, 0.2) is 0 Å². The normalized spacial score (nSPS) is 37.8. The van der Waals surface area contributed by atoms with Crippen molar-refractivity contribution in [2.45, 2.75) is 110 Å². The van der Waals surface area contributed by atoms with Gasteiger partial charge < -0.3 is 25.7 Å². The Labute approximate surface area is 272 Å². The molecule has 4 rings (SSSR count). The first-order chi connectivity index (χ1) is 20.8. The standard InChI is InChI=1S/C35H64N2O4S2/c1-25(7-10-32(38)39-4)28-8-9-29-33-30(12-14-35(28,29)3)34(2)13-11-27(40-17-5-19-42-21-15-36)23-26(34)24-31(33)41-18-6-20-43-22-16-37/h25-31,33H,5-24,36-37H2,1-4H3. The summed E-state index contributed by atoms with van der Waals surface area (Å²) >= 11 is 3.91. The molecule has 4 saturated carbocycles. The molecule has 0 radical (unpaired) electrons. The molecular formula is C35H64N2O4S2. The molecule has 4 aliphatic rings. The molecule has 0 aromatic heterocycles. The topological polar surface area (TPSA) is 96.8 Å². The summed E-state index contributed by atoms with van der Waals surface area (Å²) in [5, 5.41) is 0. The molecule has 0 amide bonds. The SMILES string of the molecule is COC(=O)CCC(C)C1CCC2C3C(OCCCSCCN)CC4CC(OCCCSCCN)CCC4(C)C3CCC12C. The van der Waals surface area contributed by atoms with E-state index in [-0.39, 0.29) is 5.97 Å². The van der Waals surface area contributed by atoms with Gasteiger partial charge in [0.05, 0.1) is 19.3 Å². The van der Waals surface area contributed by atoms with E-state index < -0.39 is 0 Å². The van der Waals surface area contributed by atoms with Crippen molar-refractivity contribution in [3.63, 3.8) is 0 Å². The molecule has 0 saturated heterocycles. The van der Waals surface area contributed by atoms with Crippen LogP contribution >= 0.6 is 23.5 Å². The minimum Gasteiger partial charge on any atom is -0.469 e.